The van der Waals surface area contributed by atoms with E-state index >= 15 is 0 Å². The molecule has 0 saturated carbocycles. The number of nitrogens with two attached hydrogens (primary N) is 3. The number of carboxylic acid groups (broad SMARTS) is 1. The van der Waals surface area contributed by atoms with Crippen molar-refractivity contribution in [2.75, 3.05) is 6.54 Å². The van der Waals surface area contributed by atoms with Crippen molar-refractivity contribution in [1.29, 1.82) is 0 Å². The van der Waals surface area contributed by atoms with Gasteiger partial charge in [-0.1, -0.05) is 13.8 Å². The number of hydrogen-bond acceptors (Lipinski definition) is 6. The molecule has 166 valence electrons. The highest BCUT2D eigenvalue weighted by molar-refractivity contribution is 5.93. The Morgan fingerprint density at radius 3 is 1.83 bits per heavy atom. The van der Waals surface area contributed by atoms with E-state index in [-0.39, 0.29) is 11.9 Å². The van der Waals surface area contributed by atoms with Crippen molar-refractivity contribution in [3.63, 3.8) is 0 Å². The standard InChI is InChI=1S/C17H33N7O5/c1-8(2)12(16(28)29)24-14(26)10(4)22-13(25)9(3)23-15(27)11(18)6-5-7-21-17(19)20/h8-12H,5-7,18H2,1-4H3,(H,22,25)(H,23,27)(H,24,26)(H,28,29)(H4,19,20,21). The Hall–Kier alpha value is -2.89. The SMILES string of the molecule is CC(NC(=O)C(N)CCCN=C(N)N)C(=O)NC(C)C(=O)NC(C(=O)O)C(C)C. The highest BCUT2D eigenvalue weighted by Gasteiger charge is 2.27. The quantitative estimate of drug-likeness (QED) is 0.103. The molecule has 0 aliphatic rings. The summed E-state index contributed by atoms with van der Waals surface area (Å²) < 4.78 is 0. The first-order chi connectivity index (χ1) is 13.4. The van der Waals surface area contributed by atoms with E-state index < -0.39 is 47.9 Å². The molecule has 0 fully saturated rings. The van der Waals surface area contributed by atoms with Crippen molar-refractivity contribution >= 4 is 29.7 Å². The van der Waals surface area contributed by atoms with Crippen molar-refractivity contribution in [2.24, 2.45) is 28.1 Å². The molecule has 0 aromatic heterocycles. The van der Waals surface area contributed by atoms with Crippen LogP contribution in [-0.2, 0) is 19.2 Å². The number of hydrogen-bond donors (Lipinski definition) is 7. The van der Waals surface area contributed by atoms with Gasteiger partial charge >= 0.3 is 5.97 Å². The summed E-state index contributed by atoms with van der Waals surface area (Å²) in [7, 11) is 0. The number of nitrogens with zero attached hydrogens (tertiary/aromatic N) is 1. The van der Waals surface area contributed by atoms with Crippen LogP contribution in [0.5, 0.6) is 0 Å². The molecule has 0 bridgehead atoms. The largest absolute Gasteiger partial charge is 0.480 e. The van der Waals surface area contributed by atoms with E-state index in [1.54, 1.807) is 13.8 Å². The van der Waals surface area contributed by atoms with Gasteiger partial charge in [-0.15, -0.1) is 0 Å². The van der Waals surface area contributed by atoms with E-state index in [2.05, 4.69) is 20.9 Å². The van der Waals surface area contributed by atoms with E-state index in [1.165, 1.54) is 13.8 Å². The number of rotatable bonds is 12. The maximum Gasteiger partial charge on any atom is 0.326 e. The Labute approximate surface area is 170 Å². The molecular formula is C17H33N7O5. The number of carbonyl (C=O) groups is 4. The number of aliphatic imine (C=N–C) groups is 1. The fourth-order valence-corrected chi connectivity index (χ4v) is 2.23. The van der Waals surface area contributed by atoms with Gasteiger partial charge in [0.15, 0.2) is 5.96 Å². The zero-order valence-electron chi connectivity index (χ0n) is 17.3. The summed E-state index contributed by atoms with van der Waals surface area (Å²) in [6.07, 6.45) is 0.812. The average Bonchev–Trinajstić information content (AvgIpc) is 2.61. The molecule has 0 aromatic carbocycles. The molecule has 0 spiro atoms. The van der Waals surface area contributed by atoms with Crippen LogP contribution in [-0.4, -0.2) is 65.5 Å². The minimum absolute atomic E-state index is 0.0467. The predicted molar refractivity (Wildman–Crippen MR) is 108 cm³/mol. The van der Waals surface area contributed by atoms with Crippen LogP contribution in [0.2, 0.25) is 0 Å². The van der Waals surface area contributed by atoms with Crippen molar-refractivity contribution in [3.8, 4) is 0 Å². The molecule has 0 aromatic rings. The highest BCUT2D eigenvalue weighted by Crippen LogP contribution is 2.02. The number of nitrogens with one attached hydrogen (secondary N) is 3. The molecule has 10 N–H and O–H groups in total. The van der Waals surface area contributed by atoms with Crippen LogP contribution < -0.4 is 33.2 Å². The van der Waals surface area contributed by atoms with Gasteiger partial charge in [-0.25, -0.2) is 4.79 Å². The monoisotopic (exact) mass is 415 g/mol. The summed E-state index contributed by atoms with van der Waals surface area (Å²) >= 11 is 0. The van der Waals surface area contributed by atoms with E-state index in [1.807, 2.05) is 0 Å². The maximum atomic E-state index is 12.2. The number of carbonyl (C=O) groups excluding carboxylic acids is 3. The lowest BCUT2D eigenvalue weighted by Gasteiger charge is -2.22. The first kappa shape index (κ1) is 26.1. The molecule has 12 heteroatoms. The smallest absolute Gasteiger partial charge is 0.326 e. The molecule has 4 unspecified atom stereocenters. The molecule has 4 atom stereocenters. The molecule has 0 aliphatic heterocycles. The van der Waals surface area contributed by atoms with Crippen LogP contribution in [0.1, 0.15) is 40.5 Å². The number of guanidine groups is 1. The molecule has 29 heavy (non-hydrogen) atoms. The molecule has 0 saturated heterocycles. The highest BCUT2D eigenvalue weighted by atomic mass is 16.4. The van der Waals surface area contributed by atoms with Crippen LogP contribution in [0.15, 0.2) is 4.99 Å². The third kappa shape index (κ3) is 10.3. The normalized spacial score (nSPS) is 14.8. The summed E-state index contributed by atoms with van der Waals surface area (Å²) in [6, 6.07) is -3.85. The summed E-state index contributed by atoms with van der Waals surface area (Å²) in [5, 5.41) is 16.4. The van der Waals surface area contributed by atoms with E-state index in [4.69, 9.17) is 22.3 Å². The molecule has 0 heterocycles. The maximum absolute atomic E-state index is 12.2. The van der Waals surface area contributed by atoms with Gasteiger partial charge in [0.05, 0.1) is 6.04 Å². The van der Waals surface area contributed by atoms with Crippen molar-refractivity contribution < 1.29 is 24.3 Å². The second-order valence-electron chi connectivity index (χ2n) is 7.08. The second-order valence-corrected chi connectivity index (χ2v) is 7.08. The molecule has 12 nitrogen and oxygen atoms in total. The number of amides is 3. The lowest BCUT2D eigenvalue weighted by molar-refractivity contribution is -0.143. The Balaban J connectivity index is 4.53. The number of aliphatic carboxylic acids is 1. The van der Waals surface area contributed by atoms with Gasteiger partial charge in [-0.3, -0.25) is 19.4 Å². The van der Waals surface area contributed by atoms with Gasteiger partial charge in [-0.05, 0) is 32.6 Å². The van der Waals surface area contributed by atoms with Crippen molar-refractivity contribution in [3.05, 3.63) is 0 Å². The molecule has 0 radical (unpaired) electrons. The summed E-state index contributed by atoms with van der Waals surface area (Å²) in [4.78, 5) is 51.3. The summed E-state index contributed by atoms with van der Waals surface area (Å²) in [5.74, 6) is -3.32. The minimum Gasteiger partial charge on any atom is -0.480 e. The van der Waals surface area contributed by atoms with Crippen molar-refractivity contribution in [2.45, 2.75) is 64.7 Å². The van der Waals surface area contributed by atoms with E-state index in [9.17, 15) is 19.2 Å². The zero-order chi connectivity index (χ0) is 22.7. The fourth-order valence-electron chi connectivity index (χ4n) is 2.23. The second kappa shape index (κ2) is 12.5. The Bertz CT molecular complexity index is 619. The Morgan fingerprint density at radius 1 is 0.897 bits per heavy atom. The van der Waals surface area contributed by atoms with Gasteiger partial charge in [0, 0.05) is 6.54 Å². The van der Waals surface area contributed by atoms with Crippen molar-refractivity contribution in [1.82, 2.24) is 16.0 Å². The number of carboxylic acids is 1. The Kier molecular flexibility index (Phi) is 11.3. The molecule has 3 amide bonds. The summed E-state index contributed by atoms with van der Waals surface area (Å²) in [5.41, 5.74) is 16.2. The molecule has 0 rings (SSSR count). The lowest BCUT2D eigenvalue weighted by Crippen LogP contribution is -2.56. The molecular weight excluding hydrogens is 382 g/mol. The van der Waals surface area contributed by atoms with E-state index in [0.717, 1.165) is 0 Å². The van der Waals surface area contributed by atoms with E-state index in [0.29, 0.717) is 19.4 Å². The first-order valence-electron chi connectivity index (χ1n) is 9.31. The zero-order valence-corrected chi connectivity index (χ0v) is 17.3. The van der Waals surface area contributed by atoms with Gasteiger partial charge in [-0.2, -0.15) is 0 Å². The van der Waals surface area contributed by atoms with Crippen LogP contribution >= 0.6 is 0 Å². The predicted octanol–water partition coefficient (Wildman–Crippen LogP) is -2.40. The third-order valence-electron chi connectivity index (χ3n) is 4.04. The summed E-state index contributed by atoms with van der Waals surface area (Å²) in [6.45, 7) is 6.50. The Morgan fingerprint density at radius 2 is 1.38 bits per heavy atom. The van der Waals surface area contributed by atoms with Crippen LogP contribution in [0.3, 0.4) is 0 Å². The first-order valence-corrected chi connectivity index (χ1v) is 9.31. The fraction of sp³-hybridized carbons (Fsp3) is 0.706. The average molecular weight is 415 g/mol. The van der Waals surface area contributed by atoms with Crippen LogP contribution in [0, 0.1) is 5.92 Å². The third-order valence-corrected chi connectivity index (χ3v) is 4.04. The molecule has 0 aliphatic carbocycles. The van der Waals surface area contributed by atoms with Crippen LogP contribution in [0.25, 0.3) is 0 Å². The van der Waals surface area contributed by atoms with Gasteiger partial charge in [0.2, 0.25) is 17.7 Å². The lowest BCUT2D eigenvalue weighted by atomic mass is 10.0. The topological polar surface area (TPSA) is 215 Å². The van der Waals surface area contributed by atoms with Gasteiger partial charge in [0.1, 0.15) is 18.1 Å². The van der Waals surface area contributed by atoms with Gasteiger partial charge < -0.3 is 38.3 Å². The minimum atomic E-state index is -1.17. The van der Waals surface area contributed by atoms with Gasteiger partial charge in [0.25, 0.3) is 0 Å². The van der Waals surface area contributed by atoms with Crippen LogP contribution in [0.4, 0.5) is 0 Å².